The highest BCUT2D eigenvalue weighted by Gasteiger charge is 2.43. The molecule has 0 aromatic rings. The van der Waals surface area contributed by atoms with Crippen LogP contribution in [0.3, 0.4) is 0 Å². The molecule has 92 valence electrons. The summed E-state index contributed by atoms with van der Waals surface area (Å²) in [6, 6.07) is 0. The lowest BCUT2D eigenvalue weighted by Crippen LogP contribution is -2.41. The van der Waals surface area contributed by atoms with Gasteiger partial charge in [0.25, 0.3) is 0 Å². The molecule has 16 heavy (non-hydrogen) atoms. The van der Waals surface area contributed by atoms with Crippen molar-refractivity contribution in [2.24, 2.45) is 23.0 Å². The van der Waals surface area contributed by atoms with E-state index in [1.54, 1.807) is 0 Å². The second-order valence-electron chi connectivity index (χ2n) is 6.02. The van der Waals surface area contributed by atoms with E-state index in [-0.39, 0.29) is 5.41 Å². The summed E-state index contributed by atoms with van der Waals surface area (Å²) in [7, 11) is 0. The molecular weight excluding hydrogens is 198 g/mol. The van der Waals surface area contributed by atoms with Crippen LogP contribution in [-0.4, -0.2) is 12.3 Å². The lowest BCUT2D eigenvalue weighted by molar-refractivity contribution is -0.133. The number of ketones is 1. The number of rotatable bonds is 3. The minimum Gasteiger partial charge on any atom is -0.329 e. The Kier molecular flexibility index (Phi) is 3.68. The molecule has 2 saturated carbocycles. The first-order valence-electron chi connectivity index (χ1n) is 6.92. The maximum atomic E-state index is 12.6. The third-order valence-electron chi connectivity index (χ3n) is 4.78. The normalized spacial score (nSPS) is 33.9. The zero-order chi connectivity index (χ0) is 11.6. The van der Waals surface area contributed by atoms with Crippen molar-refractivity contribution in [2.75, 3.05) is 6.54 Å². The van der Waals surface area contributed by atoms with Gasteiger partial charge in [0.2, 0.25) is 0 Å². The molecule has 2 unspecified atom stereocenters. The summed E-state index contributed by atoms with van der Waals surface area (Å²) in [6.45, 7) is 2.86. The minimum absolute atomic E-state index is 0.123. The number of Topliss-reactive ketones (excluding diaryl/α,β-unsaturated/α-hetero) is 1. The van der Waals surface area contributed by atoms with E-state index in [2.05, 4.69) is 6.92 Å². The third kappa shape index (κ3) is 2.17. The lowest BCUT2D eigenvalue weighted by atomic mass is 9.70. The van der Waals surface area contributed by atoms with Gasteiger partial charge in [-0.05, 0) is 31.6 Å². The Morgan fingerprint density at radius 3 is 2.50 bits per heavy atom. The predicted molar refractivity (Wildman–Crippen MR) is 66.1 cm³/mol. The van der Waals surface area contributed by atoms with Gasteiger partial charge in [0.15, 0.2) is 0 Å². The van der Waals surface area contributed by atoms with Gasteiger partial charge < -0.3 is 5.73 Å². The van der Waals surface area contributed by atoms with Gasteiger partial charge >= 0.3 is 0 Å². The third-order valence-corrected chi connectivity index (χ3v) is 4.78. The molecule has 0 aromatic carbocycles. The summed E-state index contributed by atoms with van der Waals surface area (Å²) in [5.74, 6) is 1.57. The molecule has 0 radical (unpaired) electrons. The number of carbonyl (C=O) groups excluding carboxylic acids is 1. The predicted octanol–water partition coefficient (Wildman–Crippen LogP) is 2.90. The first-order valence-corrected chi connectivity index (χ1v) is 6.92. The van der Waals surface area contributed by atoms with E-state index < -0.39 is 0 Å². The molecule has 0 aliphatic heterocycles. The zero-order valence-electron chi connectivity index (χ0n) is 10.5. The zero-order valence-corrected chi connectivity index (χ0v) is 10.5. The molecule has 2 N–H and O–H groups in total. The van der Waals surface area contributed by atoms with Crippen LogP contribution in [0.15, 0.2) is 0 Å². The Labute approximate surface area is 99.0 Å². The first-order chi connectivity index (χ1) is 7.68. The maximum Gasteiger partial charge on any atom is 0.143 e. The molecule has 0 aromatic heterocycles. The van der Waals surface area contributed by atoms with Gasteiger partial charge in [-0.15, -0.1) is 0 Å². The molecule has 0 bridgehead atoms. The van der Waals surface area contributed by atoms with E-state index in [0.717, 1.165) is 31.6 Å². The lowest BCUT2D eigenvalue weighted by Gasteiger charge is -2.34. The fraction of sp³-hybridized carbons (Fsp3) is 0.929. The second-order valence-corrected chi connectivity index (χ2v) is 6.02. The van der Waals surface area contributed by atoms with Gasteiger partial charge in [0.1, 0.15) is 5.78 Å². The fourth-order valence-corrected chi connectivity index (χ4v) is 3.71. The summed E-state index contributed by atoms with van der Waals surface area (Å²) in [6.07, 6.45) is 9.26. The molecule has 2 heteroatoms. The van der Waals surface area contributed by atoms with Crippen molar-refractivity contribution in [3.63, 3.8) is 0 Å². The average molecular weight is 223 g/mol. The van der Waals surface area contributed by atoms with Crippen molar-refractivity contribution in [1.29, 1.82) is 0 Å². The van der Waals surface area contributed by atoms with Gasteiger partial charge in [-0.1, -0.05) is 32.6 Å². The van der Waals surface area contributed by atoms with E-state index >= 15 is 0 Å². The standard InChI is InChI=1S/C14H25NO/c1-11-5-4-6-12(9-11)13(16)14(10-15)7-2-3-8-14/h11-12H,2-10,15H2,1H3. The van der Waals surface area contributed by atoms with Crippen LogP contribution in [0, 0.1) is 17.3 Å². The molecule has 0 spiro atoms. The topological polar surface area (TPSA) is 43.1 Å². The largest absolute Gasteiger partial charge is 0.329 e. The summed E-state index contributed by atoms with van der Waals surface area (Å²) >= 11 is 0. The van der Waals surface area contributed by atoms with Crippen LogP contribution < -0.4 is 5.73 Å². The van der Waals surface area contributed by atoms with Gasteiger partial charge in [-0.2, -0.15) is 0 Å². The van der Waals surface area contributed by atoms with Crippen LogP contribution in [-0.2, 0) is 4.79 Å². The SMILES string of the molecule is CC1CCCC(C(=O)C2(CN)CCCC2)C1. The molecule has 2 fully saturated rings. The van der Waals surface area contributed by atoms with Crippen molar-refractivity contribution in [2.45, 2.75) is 58.3 Å². The van der Waals surface area contributed by atoms with Crippen molar-refractivity contribution in [3.8, 4) is 0 Å². The number of hydrogen-bond donors (Lipinski definition) is 1. The van der Waals surface area contributed by atoms with Crippen LogP contribution in [0.2, 0.25) is 0 Å². The Morgan fingerprint density at radius 2 is 1.94 bits per heavy atom. The minimum atomic E-state index is -0.123. The van der Waals surface area contributed by atoms with Crippen LogP contribution >= 0.6 is 0 Å². The summed E-state index contributed by atoms with van der Waals surface area (Å²) in [5, 5.41) is 0. The molecule has 2 aliphatic rings. The van der Waals surface area contributed by atoms with E-state index in [4.69, 9.17) is 5.73 Å². The highest BCUT2D eigenvalue weighted by Crippen LogP contribution is 2.43. The Morgan fingerprint density at radius 1 is 1.25 bits per heavy atom. The monoisotopic (exact) mass is 223 g/mol. The van der Waals surface area contributed by atoms with Gasteiger partial charge in [-0.3, -0.25) is 4.79 Å². The number of hydrogen-bond acceptors (Lipinski definition) is 2. The van der Waals surface area contributed by atoms with Crippen LogP contribution in [0.4, 0.5) is 0 Å². The average Bonchev–Trinajstić information content (AvgIpc) is 2.78. The molecular formula is C14H25NO. The molecule has 2 aliphatic carbocycles. The van der Waals surface area contributed by atoms with Crippen molar-refractivity contribution >= 4 is 5.78 Å². The molecule has 2 rings (SSSR count). The summed E-state index contributed by atoms with van der Waals surface area (Å²) in [5.41, 5.74) is 5.77. The van der Waals surface area contributed by atoms with E-state index in [1.807, 2.05) is 0 Å². The Hall–Kier alpha value is -0.370. The molecule has 0 heterocycles. The quantitative estimate of drug-likeness (QED) is 0.799. The van der Waals surface area contributed by atoms with Crippen molar-refractivity contribution in [3.05, 3.63) is 0 Å². The van der Waals surface area contributed by atoms with E-state index in [9.17, 15) is 4.79 Å². The number of nitrogens with two attached hydrogens (primary N) is 1. The molecule has 2 atom stereocenters. The fourth-order valence-electron chi connectivity index (χ4n) is 3.71. The van der Waals surface area contributed by atoms with Gasteiger partial charge in [0.05, 0.1) is 0 Å². The molecule has 0 amide bonds. The van der Waals surface area contributed by atoms with Crippen LogP contribution in [0.25, 0.3) is 0 Å². The maximum absolute atomic E-state index is 12.6. The summed E-state index contributed by atoms with van der Waals surface area (Å²) < 4.78 is 0. The highest BCUT2D eigenvalue weighted by molar-refractivity contribution is 5.87. The second kappa shape index (κ2) is 4.87. The van der Waals surface area contributed by atoms with Gasteiger partial charge in [0, 0.05) is 17.9 Å². The van der Waals surface area contributed by atoms with E-state index in [0.29, 0.717) is 18.2 Å². The van der Waals surface area contributed by atoms with Crippen molar-refractivity contribution in [1.82, 2.24) is 0 Å². The van der Waals surface area contributed by atoms with Crippen LogP contribution in [0.1, 0.15) is 58.3 Å². The highest BCUT2D eigenvalue weighted by atomic mass is 16.1. The molecule has 2 nitrogen and oxygen atoms in total. The number of carbonyl (C=O) groups is 1. The van der Waals surface area contributed by atoms with E-state index in [1.165, 1.54) is 25.7 Å². The van der Waals surface area contributed by atoms with Crippen molar-refractivity contribution < 1.29 is 4.79 Å². The molecule has 0 saturated heterocycles. The Bertz CT molecular complexity index is 255. The summed E-state index contributed by atoms with van der Waals surface area (Å²) in [4.78, 5) is 12.6. The van der Waals surface area contributed by atoms with Crippen LogP contribution in [0.5, 0.6) is 0 Å². The van der Waals surface area contributed by atoms with Gasteiger partial charge in [-0.25, -0.2) is 0 Å². The smallest absolute Gasteiger partial charge is 0.143 e. The Balaban J connectivity index is 2.04. The first kappa shape index (κ1) is 12.1.